The van der Waals surface area contributed by atoms with E-state index in [9.17, 15) is 0 Å². The van der Waals surface area contributed by atoms with Crippen LogP contribution >= 0.6 is 0 Å². The van der Waals surface area contributed by atoms with E-state index < -0.39 is 0 Å². The van der Waals surface area contributed by atoms with E-state index in [0.717, 1.165) is 12.1 Å². The van der Waals surface area contributed by atoms with Crippen LogP contribution < -0.4 is 5.73 Å². The first kappa shape index (κ1) is 6.47. The second kappa shape index (κ2) is 2.42. The first-order valence-electron chi connectivity index (χ1n) is 3.74. The Hall–Kier alpha value is -1.24. The molecule has 1 aromatic rings. The maximum atomic E-state index is 5.66. The van der Waals surface area contributed by atoms with Crippen LogP contribution in [0.3, 0.4) is 0 Å². The second-order valence-corrected chi connectivity index (χ2v) is 2.75. The molecule has 2 N–H and O–H groups in total. The smallest absolute Gasteiger partial charge is 0.0358 e. The minimum absolute atomic E-state index is 0.878. The Bertz CT molecular complexity index is 299. The predicted molar refractivity (Wildman–Crippen MR) is 45.8 cm³/mol. The lowest BCUT2D eigenvalue weighted by molar-refractivity contribution is 1.12. The molecule has 1 nitrogen and oxygen atoms in total. The lowest BCUT2D eigenvalue weighted by Crippen LogP contribution is -2.06. The molecule has 0 saturated heterocycles. The largest absolute Gasteiger partial charge is 0.402 e. The molecule has 0 amide bonds. The molecule has 0 heterocycles. The highest BCUT2D eigenvalue weighted by Crippen LogP contribution is 2.19. The zero-order chi connectivity index (χ0) is 7.68. The van der Waals surface area contributed by atoms with Crippen LogP contribution in [0.4, 0.5) is 0 Å². The Labute approximate surface area is 66.5 Å². The molecule has 1 aliphatic carbocycles. The van der Waals surface area contributed by atoms with Gasteiger partial charge in [-0.2, -0.15) is 0 Å². The summed E-state index contributed by atoms with van der Waals surface area (Å²) in [6.07, 6.45) is 5.03. The van der Waals surface area contributed by atoms with Gasteiger partial charge < -0.3 is 5.73 Å². The molecule has 0 atom stereocenters. The van der Waals surface area contributed by atoms with Gasteiger partial charge in [-0.25, -0.2) is 0 Å². The molecule has 0 unspecified atom stereocenters. The number of allylic oxidation sites excluding steroid dienone is 2. The van der Waals surface area contributed by atoms with Crippen LogP contribution in [0, 0.1) is 6.42 Å². The van der Waals surface area contributed by atoms with Gasteiger partial charge in [0.2, 0.25) is 0 Å². The van der Waals surface area contributed by atoms with Crippen LogP contribution in [0.2, 0.25) is 0 Å². The van der Waals surface area contributed by atoms with Crippen molar-refractivity contribution in [2.75, 3.05) is 0 Å². The summed E-state index contributed by atoms with van der Waals surface area (Å²) in [6.45, 7) is 0. The molecular formula is C10H10N. The highest BCUT2D eigenvalue weighted by molar-refractivity contribution is 5.43. The Balaban J connectivity index is 2.42. The molecule has 1 aromatic carbocycles. The van der Waals surface area contributed by atoms with Crippen LogP contribution in [0.5, 0.6) is 0 Å². The maximum absolute atomic E-state index is 5.66. The van der Waals surface area contributed by atoms with Gasteiger partial charge in [-0.05, 0) is 17.5 Å². The van der Waals surface area contributed by atoms with Crippen molar-refractivity contribution in [1.29, 1.82) is 0 Å². The number of rotatable bonds is 0. The van der Waals surface area contributed by atoms with Crippen molar-refractivity contribution in [2.45, 2.75) is 6.42 Å². The van der Waals surface area contributed by atoms with Crippen LogP contribution in [-0.2, 0) is 6.42 Å². The summed E-state index contributed by atoms with van der Waals surface area (Å²) in [5.41, 5.74) is 9.15. The molecule has 11 heavy (non-hydrogen) atoms. The molecule has 0 spiro atoms. The molecular weight excluding hydrogens is 134 g/mol. The van der Waals surface area contributed by atoms with E-state index in [2.05, 4.69) is 18.2 Å². The van der Waals surface area contributed by atoms with Crippen molar-refractivity contribution >= 4 is 0 Å². The number of hydrogen-bond donors (Lipinski definition) is 1. The van der Waals surface area contributed by atoms with Crippen LogP contribution in [0.25, 0.3) is 0 Å². The average molecular weight is 144 g/mol. The third-order valence-electron chi connectivity index (χ3n) is 1.93. The SMILES string of the molecule is NC1=CCc2ccccc2[CH]1. The molecule has 1 radical (unpaired) electrons. The Kier molecular flexibility index (Phi) is 1.42. The van der Waals surface area contributed by atoms with Crippen molar-refractivity contribution in [1.82, 2.24) is 0 Å². The Morgan fingerprint density at radius 1 is 1.18 bits per heavy atom. The molecule has 0 aromatic heterocycles. The number of hydrogen-bond acceptors (Lipinski definition) is 1. The molecule has 0 fully saturated rings. The first-order valence-corrected chi connectivity index (χ1v) is 3.74. The van der Waals surface area contributed by atoms with Gasteiger partial charge in [0.15, 0.2) is 0 Å². The maximum Gasteiger partial charge on any atom is 0.0358 e. The number of fused-ring (bicyclic) bond motifs is 1. The number of benzene rings is 1. The zero-order valence-electron chi connectivity index (χ0n) is 6.25. The second-order valence-electron chi connectivity index (χ2n) is 2.75. The van der Waals surface area contributed by atoms with Gasteiger partial charge in [-0.1, -0.05) is 30.3 Å². The summed E-state index contributed by atoms with van der Waals surface area (Å²) in [5, 5.41) is 0. The van der Waals surface area contributed by atoms with Gasteiger partial charge >= 0.3 is 0 Å². The summed E-state index contributed by atoms with van der Waals surface area (Å²) < 4.78 is 0. The van der Waals surface area contributed by atoms with E-state index in [1.807, 2.05) is 18.6 Å². The fraction of sp³-hybridized carbons (Fsp3) is 0.100. The van der Waals surface area contributed by atoms with Gasteiger partial charge in [-0.3, -0.25) is 0 Å². The van der Waals surface area contributed by atoms with Gasteiger partial charge in [0.1, 0.15) is 0 Å². The van der Waals surface area contributed by atoms with Crippen molar-refractivity contribution in [3.8, 4) is 0 Å². The highest BCUT2D eigenvalue weighted by atomic mass is 14.6. The predicted octanol–water partition coefficient (Wildman–Crippen LogP) is 1.64. The first-order chi connectivity index (χ1) is 5.36. The lowest BCUT2D eigenvalue weighted by Gasteiger charge is -2.12. The topological polar surface area (TPSA) is 26.0 Å². The Morgan fingerprint density at radius 2 is 2.00 bits per heavy atom. The lowest BCUT2D eigenvalue weighted by atomic mass is 9.95. The summed E-state index contributed by atoms with van der Waals surface area (Å²) in [5.74, 6) is 0. The van der Waals surface area contributed by atoms with Crippen molar-refractivity contribution in [3.05, 3.63) is 53.6 Å². The van der Waals surface area contributed by atoms with E-state index in [-0.39, 0.29) is 0 Å². The van der Waals surface area contributed by atoms with E-state index >= 15 is 0 Å². The number of nitrogens with two attached hydrogens (primary N) is 1. The molecule has 2 rings (SSSR count). The van der Waals surface area contributed by atoms with Gasteiger partial charge in [0.25, 0.3) is 0 Å². The third-order valence-corrected chi connectivity index (χ3v) is 1.93. The molecule has 0 aliphatic heterocycles. The normalized spacial score (nSPS) is 15.5. The summed E-state index contributed by atoms with van der Waals surface area (Å²) in [6, 6.07) is 8.32. The highest BCUT2D eigenvalue weighted by Gasteiger charge is 2.06. The van der Waals surface area contributed by atoms with Crippen LogP contribution in [0.15, 0.2) is 36.0 Å². The summed E-state index contributed by atoms with van der Waals surface area (Å²) in [7, 11) is 0. The Morgan fingerprint density at radius 3 is 2.91 bits per heavy atom. The molecule has 1 aliphatic rings. The van der Waals surface area contributed by atoms with E-state index in [1.165, 1.54) is 11.1 Å². The summed E-state index contributed by atoms with van der Waals surface area (Å²) in [4.78, 5) is 0. The van der Waals surface area contributed by atoms with Crippen molar-refractivity contribution in [2.24, 2.45) is 5.73 Å². The van der Waals surface area contributed by atoms with Gasteiger partial charge in [-0.15, -0.1) is 0 Å². The third kappa shape index (κ3) is 1.14. The summed E-state index contributed by atoms with van der Waals surface area (Å²) >= 11 is 0. The van der Waals surface area contributed by atoms with Crippen LogP contribution in [0.1, 0.15) is 11.1 Å². The monoisotopic (exact) mass is 144 g/mol. The average Bonchev–Trinajstić information content (AvgIpc) is 2.04. The minimum Gasteiger partial charge on any atom is -0.402 e. The zero-order valence-corrected chi connectivity index (χ0v) is 6.25. The molecule has 0 bridgehead atoms. The van der Waals surface area contributed by atoms with E-state index in [4.69, 9.17) is 5.73 Å². The fourth-order valence-electron chi connectivity index (χ4n) is 1.33. The van der Waals surface area contributed by atoms with E-state index in [1.54, 1.807) is 0 Å². The molecule has 55 valence electrons. The van der Waals surface area contributed by atoms with Crippen LogP contribution in [-0.4, -0.2) is 0 Å². The molecule has 0 saturated carbocycles. The fourth-order valence-corrected chi connectivity index (χ4v) is 1.33. The standard InChI is InChI=1S/C10H10N/c11-10-6-5-8-3-1-2-4-9(8)7-10/h1-4,6-7H,5,11H2. The van der Waals surface area contributed by atoms with E-state index in [0.29, 0.717) is 0 Å². The van der Waals surface area contributed by atoms with Crippen molar-refractivity contribution in [3.63, 3.8) is 0 Å². The molecule has 1 heteroatoms. The van der Waals surface area contributed by atoms with Gasteiger partial charge in [0.05, 0.1) is 0 Å². The van der Waals surface area contributed by atoms with Crippen molar-refractivity contribution < 1.29 is 0 Å². The van der Waals surface area contributed by atoms with Gasteiger partial charge in [0, 0.05) is 12.1 Å². The quantitative estimate of drug-likeness (QED) is 0.588. The minimum atomic E-state index is 0.878.